The maximum Gasteiger partial charge on any atom is 0.325 e. The van der Waals surface area contributed by atoms with E-state index >= 15 is 0 Å². The minimum Gasteiger partial charge on any atom is -0.480 e. The van der Waals surface area contributed by atoms with E-state index in [4.69, 9.17) is 9.84 Å². The number of amides is 2. The third-order valence-corrected chi connectivity index (χ3v) is 3.33. The molecule has 22 heavy (non-hydrogen) atoms. The van der Waals surface area contributed by atoms with Crippen LogP contribution in [0.1, 0.15) is 30.1 Å². The molecular formula is C15H18N2O5. The van der Waals surface area contributed by atoms with Crippen molar-refractivity contribution in [2.45, 2.75) is 31.9 Å². The van der Waals surface area contributed by atoms with Gasteiger partial charge in [-0.25, -0.2) is 0 Å². The lowest BCUT2D eigenvalue weighted by Crippen LogP contribution is -2.38. The molecule has 1 aromatic rings. The largest absolute Gasteiger partial charge is 0.480 e. The molecule has 1 aliphatic heterocycles. The van der Waals surface area contributed by atoms with Crippen molar-refractivity contribution in [1.29, 1.82) is 0 Å². The van der Waals surface area contributed by atoms with Crippen molar-refractivity contribution in [2.75, 3.05) is 11.9 Å². The number of hydrogen-bond acceptors (Lipinski definition) is 4. The van der Waals surface area contributed by atoms with Crippen molar-refractivity contribution < 1.29 is 24.2 Å². The zero-order valence-corrected chi connectivity index (χ0v) is 12.2. The summed E-state index contributed by atoms with van der Waals surface area (Å²) in [5.74, 6) is -1.87. The van der Waals surface area contributed by atoms with Gasteiger partial charge in [0.05, 0.1) is 0 Å². The topological polar surface area (TPSA) is 105 Å². The predicted octanol–water partition coefficient (Wildman–Crippen LogP) is 1.01. The van der Waals surface area contributed by atoms with Gasteiger partial charge in [0.2, 0.25) is 0 Å². The van der Waals surface area contributed by atoms with Crippen molar-refractivity contribution >= 4 is 23.5 Å². The van der Waals surface area contributed by atoms with Crippen LogP contribution in [0.2, 0.25) is 0 Å². The number of benzene rings is 1. The number of carboxylic acids is 1. The molecule has 1 fully saturated rings. The molecule has 7 heteroatoms. The Morgan fingerprint density at radius 1 is 1.36 bits per heavy atom. The number of nitrogens with one attached hydrogen (secondary N) is 2. The molecule has 0 radical (unpaired) electrons. The Kier molecular flexibility index (Phi) is 5.11. The van der Waals surface area contributed by atoms with Gasteiger partial charge in [-0.2, -0.15) is 0 Å². The van der Waals surface area contributed by atoms with E-state index < -0.39 is 24.0 Å². The van der Waals surface area contributed by atoms with Crippen LogP contribution in [-0.4, -0.2) is 41.6 Å². The molecule has 1 saturated heterocycles. The standard InChI is InChI=1S/C15H18N2O5/c1-9(15(20)21)16-13(18)10-4-2-5-11(8-10)17-14(19)12-6-3-7-22-12/h2,4-5,8-9,12H,3,6-7H2,1H3,(H,16,18)(H,17,19)(H,20,21)/t9-,12?/m1/s1. The molecule has 0 spiro atoms. The van der Waals surface area contributed by atoms with E-state index in [2.05, 4.69) is 10.6 Å². The van der Waals surface area contributed by atoms with E-state index in [1.54, 1.807) is 18.2 Å². The first-order chi connectivity index (χ1) is 10.5. The number of aliphatic carboxylic acids is 1. The second kappa shape index (κ2) is 7.04. The van der Waals surface area contributed by atoms with Crippen LogP contribution in [0, 0.1) is 0 Å². The maximum absolute atomic E-state index is 11.9. The van der Waals surface area contributed by atoms with E-state index in [0.717, 1.165) is 6.42 Å². The van der Waals surface area contributed by atoms with Gasteiger partial charge in [-0.1, -0.05) is 6.07 Å². The normalized spacial score (nSPS) is 18.5. The van der Waals surface area contributed by atoms with Gasteiger partial charge >= 0.3 is 5.97 Å². The van der Waals surface area contributed by atoms with Gasteiger partial charge in [0.25, 0.3) is 11.8 Å². The number of ether oxygens (including phenoxy) is 1. The summed E-state index contributed by atoms with van der Waals surface area (Å²) in [7, 11) is 0. The Bertz CT molecular complexity index is 581. The highest BCUT2D eigenvalue weighted by Crippen LogP contribution is 2.16. The molecular weight excluding hydrogens is 288 g/mol. The number of hydrogen-bond donors (Lipinski definition) is 3. The van der Waals surface area contributed by atoms with Gasteiger partial charge in [-0.15, -0.1) is 0 Å². The summed E-state index contributed by atoms with van der Waals surface area (Å²) in [4.78, 5) is 34.6. The molecule has 118 valence electrons. The summed E-state index contributed by atoms with van der Waals surface area (Å²) in [6.45, 7) is 1.96. The highest BCUT2D eigenvalue weighted by molar-refractivity contribution is 5.99. The average Bonchev–Trinajstić information content (AvgIpc) is 3.01. The zero-order chi connectivity index (χ0) is 16.1. The second-order valence-electron chi connectivity index (χ2n) is 5.11. The minimum atomic E-state index is -1.11. The van der Waals surface area contributed by atoms with Crippen LogP contribution in [0.15, 0.2) is 24.3 Å². The van der Waals surface area contributed by atoms with E-state index in [1.807, 2.05) is 0 Å². The Hall–Kier alpha value is -2.41. The zero-order valence-electron chi connectivity index (χ0n) is 12.2. The van der Waals surface area contributed by atoms with Gasteiger partial charge < -0.3 is 20.5 Å². The third-order valence-electron chi connectivity index (χ3n) is 3.33. The van der Waals surface area contributed by atoms with E-state index in [9.17, 15) is 14.4 Å². The quantitative estimate of drug-likeness (QED) is 0.753. The van der Waals surface area contributed by atoms with E-state index in [1.165, 1.54) is 13.0 Å². The summed E-state index contributed by atoms with van der Waals surface area (Å²) in [5.41, 5.74) is 0.745. The Balaban J connectivity index is 2.01. The SMILES string of the molecule is C[C@@H](NC(=O)c1cccc(NC(=O)C2CCCO2)c1)C(=O)O. The average molecular weight is 306 g/mol. The molecule has 1 heterocycles. The summed E-state index contributed by atoms with van der Waals surface area (Å²) in [6.07, 6.45) is 1.08. The molecule has 1 aliphatic rings. The number of carboxylic acid groups (broad SMARTS) is 1. The molecule has 1 unspecified atom stereocenters. The lowest BCUT2D eigenvalue weighted by Gasteiger charge is -2.12. The van der Waals surface area contributed by atoms with Gasteiger partial charge in [0, 0.05) is 17.9 Å². The van der Waals surface area contributed by atoms with Crippen molar-refractivity contribution in [3.05, 3.63) is 29.8 Å². The summed E-state index contributed by atoms with van der Waals surface area (Å²) in [6, 6.07) is 5.33. The fourth-order valence-corrected chi connectivity index (χ4v) is 2.09. The van der Waals surface area contributed by atoms with E-state index in [-0.39, 0.29) is 11.5 Å². The number of carbonyl (C=O) groups is 3. The first kappa shape index (κ1) is 16.0. The van der Waals surface area contributed by atoms with Crippen LogP contribution >= 0.6 is 0 Å². The van der Waals surface area contributed by atoms with Crippen molar-refractivity contribution in [2.24, 2.45) is 0 Å². The maximum atomic E-state index is 11.9. The Morgan fingerprint density at radius 2 is 2.14 bits per heavy atom. The molecule has 0 bridgehead atoms. The molecule has 0 aliphatic carbocycles. The van der Waals surface area contributed by atoms with Crippen LogP contribution in [-0.2, 0) is 14.3 Å². The fraction of sp³-hybridized carbons (Fsp3) is 0.400. The summed E-state index contributed by atoms with van der Waals surface area (Å²) >= 11 is 0. The smallest absolute Gasteiger partial charge is 0.325 e. The van der Waals surface area contributed by atoms with E-state index in [0.29, 0.717) is 18.7 Å². The number of rotatable bonds is 5. The minimum absolute atomic E-state index is 0.242. The van der Waals surface area contributed by atoms with Gasteiger partial charge in [0.15, 0.2) is 0 Å². The van der Waals surface area contributed by atoms with Crippen LogP contribution in [0.4, 0.5) is 5.69 Å². The molecule has 0 saturated carbocycles. The summed E-state index contributed by atoms with van der Waals surface area (Å²) < 4.78 is 5.29. The predicted molar refractivity (Wildman–Crippen MR) is 78.6 cm³/mol. The second-order valence-corrected chi connectivity index (χ2v) is 5.11. The van der Waals surface area contributed by atoms with Crippen molar-refractivity contribution in [3.63, 3.8) is 0 Å². The Labute approximate surface area is 127 Å². The van der Waals surface area contributed by atoms with Crippen molar-refractivity contribution in [1.82, 2.24) is 5.32 Å². The van der Waals surface area contributed by atoms with Crippen LogP contribution in [0.5, 0.6) is 0 Å². The molecule has 0 aromatic heterocycles. The first-order valence-corrected chi connectivity index (χ1v) is 7.03. The number of carbonyl (C=O) groups excluding carboxylic acids is 2. The Morgan fingerprint density at radius 3 is 2.77 bits per heavy atom. The lowest BCUT2D eigenvalue weighted by atomic mass is 10.1. The third kappa shape index (κ3) is 4.05. The van der Waals surface area contributed by atoms with Crippen LogP contribution in [0.25, 0.3) is 0 Å². The highest BCUT2D eigenvalue weighted by Gasteiger charge is 2.23. The van der Waals surface area contributed by atoms with Crippen LogP contribution in [0.3, 0.4) is 0 Å². The molecule has 3 N–H and O–H groups in total. The summed E-state index contributed by atoms with van der Waals surface area (Å²) in [5, 5.41) is 13.8. The van der Waals surface area contributed by atoms with Gasteiger partial charge in [-0.05, 0) is 38.0 Å². The molecule has 1 aromatic carbocycles. The molecule has 2 amide bonds. The van der Waals surface area contributed by atoms with Gasteiger partial charge in [0.1, 0.15) is 12.1 Å². The highest BCUT2D eigenvalue weighted by atomic mass is 16.5. The first-order valence-electron chi connectivity index (χ1n) is 7.03. The lowest BCUT2D eigenvalue weighted by molar-refractivity contribution is -0.138. The monoisotopic (exact) mass is 306 g/mol. The molecule has 7 nitrogen and oxygen atoms in total. The molecule has 2 atom stereocenters. The fourth-order valence-electron chi connectivity index (χ4n) is 2.09. The van der Waals surface area contributed by atoms with Crippen molar-refractivity contribution in [3.8, 4) is 0 Å². The van der Waals surface area contributed by atoms with Crippen LogP contribution < -0.4 is 10.6 Å². The number of anilines is 1. The van der Waals surface area contributed by atoms with Gasteiger partial charge in [-0.3, -0.25) is 14.4 Å². The molecule has 2 rings (SSSR count).